The Labute approximate surface area is 166 Å². The third kappa shape index (κ3) is 3.90. The number of thioether (sulfide) groups is 1. The van der Waals surface area contributed by atoms with Crippen molar-refractivity contribution in [2.45, 2.75) is 36.9 Å². The van der Waals surface area contributed by atoms with E-state index in [0.717, 1.165) is 35.2 Å². The minimum atomic E-state index is -0.639. The molecule has 0 unspecified atom stereocenters. The number of rotatable bonds is 6. The number of thiophene rings is 1. The predicted octanol–water partition coefficient (Wildman–Crippen LogP) is 3.41. The normalized spacial score (nSPS) is 14.9. The van der Waals surface area contributed by atoms with Crippen LogP contribution in [0.15, 0.2) is 40.3 Å². The zero-order valence-corrected chi connectivity index (χ0v) is 16.8. The fourth-order valence-corrected chi connectivity index (χ4v) is 5.50. The van der Waals surface area contributed by atoms with Gasteiger partial charge in [-0.05, 0) is 43.4 Å². The lowest BCUT2D eigenvalue weighted by Gasteiger charge is -2.13. The van der Waals surface area contributed by atoms with Crippen LogP contribution in [-0.2, 0) is 19.9 Å². The minimum absolute atomic E-state index is 0.0249. The third-order valence-corrected chi connectivity index (χ3v) is 7.11. The first-order valence-corrected chi connectivity index (χ1v) is 10.9. The molecule has 4 rings (SSSR count). The van der Waals surface area contributed by atoms with Crippen LogP contribution in [0, 0.1) is 0 Å². The van der Waals surface area contributed by atoms with Gasteiger partial charge in [0.2, 0.25) is 0 Å². The number of benzene rings is 1. The highest BCUT2D eigenvalue weighted by molar-refractivity contribution is 7.99. The quantitative estimate of drug-likeness (QED) is 0.506. The lowest BCUT2D eigenvalue weighted by molar-refractivity contribution is 0.126. The Hall–Kier alpha value is -1.83. The van der Waals surface area contributed by atoms with Crippen molar-refractivity contribution in [1.29, 1.82) is 0 Å². The van der Waals surface area contributed by atoms with Crippen LogP contribution >= 0.6 is 23.1 Å². The molecule has 3 aromatic rings. The molecular formula is C20H22N2O3S2. The first-order valence-electron chi connectivity index (χ1n) is 9.13. The number of fused-ring (bicyclic) bond motifs is 3. The van der Waals surface area contributed by atoms with Crippen LogP contribution in [0.5, 0.6) is 5.75 Å². The number of hydrogen-bond donors (Lipinski definition) is 1. The van der Waals surface area contributed by atoms with E-state index in [9.17, 15) is 9.90 Å². The molecule has 0 radical (unpaired) electrons. The average Bonchev–Trinajstić information content (AvgIpc) is 3.07. The van der Waals surface area contributed by atoms with E-state index < -0.39 is 6.10 Å². The van der Waals surface area contributed by atoms with Gasteiger partial charge in [0.1, 0.15) is 17.2 Å². The monoisotopic (exact) mass is 402 g/mol. The highest BCUT2D eigenvalue weighted by Crippen LogP contribution is 2.34. The number of aromatic nitrogens is 2. The molecule has 1 aliphatic rings. The number of ether oxygens (including phenoxy) is 1. The summed E-state index contributed by atoms with van der Waals surface area (Å²) in [6.07, 6.45) is 3.73. The van der Waals surface area contributed by atoms with Crippen molar-refractivity contribution in [3.63, 3.8) is 0 Å². The molecule has 0 spiro atoms. The molecule has 1 aliphatic carbocycles. The number of aliphatic hydroxyl groups excluding tert-OH is 1. The van der Waals surface area contributed by atoms with Gasteiger partial charge in [0, 0.05) is 17.7 Å². The molecular weight excluding hydrogens is 380 g/mol. The Morgan fingerprint density at radius 3 is 2.89 bits per heavy atom. The maximum absolute atomic E-state index is 12.9. The predicted molar refractivity (Wildman–Crippen MR) is 110 cm³/mol. The first kappa shape index (κ1) is 18.5. The maximum atomic E-state index is 12.9. The minimum Gasteiger partial charge on any atom is -0.491 e. The van der Waals surface area contributed by atoms with Crippen LogP contribution in [0.1, 0.15) is 23.3 Å². The zero-order chi connectivity index (χ0) is 18.8. The van der Waals surface area contributed by atoms with Gasteiger partial charge in [-0.1, -0.05) is 30.0 Å². The summed E-state index contributed by atoms with van der Waals surface area (Å²) in [4.78, 5) is 19.7. The lowest BCUT2D eigenvalue weighted by atomic mass is 9.97. The van der Waals surface area contributed by atoms with Gasteiger partial charge in [-0.15, -0.1) is 11.3 Å². The van der Waals surface area contributed by atoms with Gasteiger partial charge in [-0.2, -0.15) is 0 Å². The molecule has 0 amide bonds. The Morgan fingerprint density at radius 1 is 1.30 bits per heavy atom. The van der Waals surface area contributed by atoms with Crippen LogP contribution in [0.2, 0.25) is 0 Å². The molecule has 1 aromatic carbocycles. The third-order valence-electron chi connectivity index (χ3n) is 4.75. The van der Waals surface area contributed by atoms with Gasteiger partial charge < -0.3 is 9.84 Å². The molecule has 142 valence electrons. The van der Waals surface area contributed by atoms with E-state index in [1.807, 2.05) is 30.3 Å². The van der Waals surface area contributed by atoms with Gasteiger partial charge in [-0.25, -0.2) is 4.98 Å². The summed E-state index contributed by atoms with van der Waals surface area (Å²) in [5.74, 6) is 1.15. The van der Waals surface area contributed by atoms with E-state index in [2.05, 4.69) is 0 Å². The zero-order valence-electron chi connectivity index (χ0n) is 15.2. The van der Waals surface area contributed by atoms with E-state index in [0.29, 0.717) is 10.9 Å². The van der Waals surface area contributed by atoms with Crippen molar-refractivity contribution < 1.29 is 9.84 Å². The van der Waals surface area contributed by atoms with Gasteiger partial charge in [0.25, 0.3) is 5.56 Å². The average molecular weight is 403 g/mol. The molecule has 0 bridgehead atoms. The van der Waals surface area contributed by atoms with Crippen molar-refractivity contribution >= 4 is 33.3 Å². The number of nitrogens with zero attached hydrogens (tertiary/aromatic N) is 2. The van der Waals surface area contributed by atoms with E-state index in [1.54, 1.807) is 23.0 Å². The Morgan fingerprint density at radius 2 is 2.07 bits per heavy atom. The fraction of sp³-hybridized carbons (Fsp3) is 0.400. The molecule has 5 nitrogen and oxygen atoms in total. The van der Waals surface area contributed by atoms with Gasteiger partial charge in [0.15, 0.2) is 5.16 Å². The molecule has 0 saturated carbocycles. The second kappa shape index (κ2) is 8.04. The van der Waals surface area contributed by atoms with Crippen molar-refractivity contribution in [3.8, 4) is 5.75 Å². The lowest BCUT2D eigenvalue weighted by Crippen LogP contribution is -2.23. The fourth-order valence-electron chi connectivity index (χ4n) is 3.32. The Kier molecular flexibility index (Phi) is 5.52. The molecule has 2 aromatic heterocycles. The summed E-state index contributed by atoms with van der Waals surface area (Å²) in [5.41, 5.74) is 1.24. The number of aliphatic hydroxyl groups is 1. The van der Waals surface area contributed by atoms with Gasteiger partial charge in [-0.3, -0.25) is 9.36 Å². The SMILES string of the molecule is Cn1c(SC[C@@H](O)COc2ccccc2)nc2sc3c(c2c1=O)CCCC3. The van der Waals surface area contributed by atoms with E-state index in [1.165, 1.54) is 28.6 Å². The van der Waals surface area contributed by atoms with Crippen molar-refractivity contribution in [3.05, 3.63) is 51.1 Å². The van der Waals surface area contributed by atoms with E-state index in [4.69, 9.17) is 9.72 Å². The van der Waals surface area contributed by atoms with Crippen molar-refractivity contribution in [2.24, 2.45) is 7.05 Å². The highest BCUT2D eigenvalue weighted by atomic mass is 32.2. The molecule has 27 heavy (non-hydrogen) atoms. The van der Waals surface area contributed by atoms with Gasteiger partial charge in [0.05, 0.1) is 11.5 Å². The standard InChI is InChI=1S/C20H22N2O3S2/c1-22-19(24)17-15-9-5-6-10-16(15)27-18(17)21-20(22)26-12-13(23)11-25-14-7-3-2-4-8-14/h2-4,7-8,13,23H,5-6,9-12H2,1H3/t13-/m0/s1. The van der Waals surface area contributed by atoms with Gasteiger partial charge >= 0.3 is 0 Å². The summed E-state index contributed by atoms with van der Waals surface area (Å²) in [6, 6.07) is 9.43. The molecule has 0 saturated heterocycles. The van der Waals surface area contributed by atoms with Crippen LogP contribution in [0.3, 0.4) is 0 Å². The Bertz CT molecular complexity index is 998. The van der Waals surface area contributed by atoms with Crippen molar-refractivity contribution in [1.82, 2.24) is 9.55 Å². The summed E-state index contributed by atoms with van der Waals surface area (Å²) >= 11 is 3.05. The molecule has 0 fully saturated rings. The molecule has 0 aliphatic heterocycles. The molecule has 7 heteroatoms. The Balaban J connectivity index is 1.47. The van der Waals surface area contributed by atoms with Crippen LogP contribution in [-0.4, -0.2) is 33.1 Å². The topological polar surface area (TPSA) is 64.3 Å². The van der Waals surface area contributed by atoms with Crippen LogP contribution in [0.25, 0.3) is 10.2 Å². The van der Waals surface area contributed by atoms with Crippen LogP contribution in [0.4, 0.5) is 0 Å². The van der Waals surface area contributed by atoms with E-state index in [-0.39, 0.29) is 12.2 Å². The first-order chi connectivity index (χ1) is 13.1. The summed E-state index contributed by atoms with van der Waals surface area (Å²) in [7, 11) is 1.76. The highest BCUT2D eigenvalue weighted by Gasteiger charge is 2.21. The number of hydrogen-bond acceptors (Lipinski definition) is 6. The van der Waals surface area contributed by atoms with Crippen LogP contribution < -0.4 is 10.3 Å². The molecule has 2 heterocycles. The largest absolute Gasteiger partial charge is 0.491 e. The summed E-state index contributed by atoms with van der Waals surface area (Å²) < 4.78 is 7.20. The smallest absolute Gasteiger partial charge is 0.262 e. The second-order valence-corrected chi connectivity index (χ2v) is 8.81. The maximum Gasteiger partial charge on any atom is 0.262 e. The summed E-state index contributed by atoms with van der Waals surface area (Å²) in [6.45, 7) is 0.209. The number of aryl methyl sites for hydroxylation is 2. The number of para-hydroxylation sites is 1. The van der Waals surface area contributed by atoms with E-state index >= 15 is 0 Å². The summed E-state index contributed by atoms with van der Waals surface area (Å²) in [5, 5.41) is 11.7. The molecule has 1 N–H and O–H groups in total. The van der Waals surface area contributed by atoms with Crippen molar-refractivity contribution in [2.75, 3.05) is 12.4 Å². The second-order valence-electron chi connectivity index (χ2n) is 6.74. The molecule has 1 atom stereocenters.